The van der Waals surface area contributed by atoms with E-state index in [2.05, 4.69) is 16.3 Å². The van der Waals surface area contributed by atoms with Crippen molar-refractivity contribution in [3.8, 4) is 5.75 Å². The highest BCUT2D eigenvalue weighted by atomic mass is 35.5. The van der Waals surface area contributed by atoms with Gasteiger partial charge in [-0.15, -0.1) is 36.6 Å². The van der Waals surface area contributed by atoms with E-state index >= 15 is 0 Å². The molecular weight excluding hydrogens is 565 g/mol. The quantitative estimate of drug-likeness (QED) is 0.313. The van der Waals surface area contributed by atoms with E-state index < -0.39 is 10.0 Å². The Morgan fingerprint density at radius 2 is 1.78 bits per heavy atom. The van der Waals surface area contributed by atoms with Gasteiger partial charge in [-0.2, -0.15) is 0 Å². The van der Waals surface area contributed by atoms with Crippen LogP contribution in [-0.4, -0.2) is 70.1 Å². The lowest BCUT2D eigenvalue weighted by atomic mass is 10.1. The topological polar surface area (TPSA) is 114 Å². The number of rotatable bonds is 13. The number of ether oxygens (including phenoxy) is 2. The molecule has 0 radical (unpaired) electrons. The van der Waals surface area contributed by atoms with Gasteiger partial charge in [0.15, 0.2) is 0 Å². The first kappa shape index (κ1) is 33.1. The number of allylic oxidation sites excluding steroid dienone is 3. The summed E-state index contributed by atoms with van der Waals surface area (Å²) in [6.07, 6.45) is 4.44. The second-order valence-electron chi connectivity index (χ2n) is 7.99. The van der Waals surface area contributed by atoms with Crippen LogP contribution < -0.4 is 10.5 Å². The van der Waals surface area contributed by atoms with Gasteiger partial charge >= 0.3 is 0 Å². The smallest absolute Gasteiger partial charge is 0.244 e. The lowest BCUT2D eigenvalue weighted by molar-refractivity contribution is 0.110. The summed E-state index contributed by atoms with van der Waals surface area (Å²) in [6, 6.07) is 5.70. The van der Waals surface area contributed by atoms with Crippen LogP contribution in [0.5, 0.6) is 5.75 Å². The maximum absolute atomic E-state index is 11.9. The fourth-order valence-electron chi connectivity index (χ4n) is 3.72. The number of hydrogen-bond donors (Lipinski definition) is 3. The van der Waals surface area contributed by atoms with Crippen molar-refractivity contribution in [3.05, 3.63) is 61.9 Å². The molecule has 13 heteroatoms. The second kappa shape index (κ2) is 15.5. The predicted molar refractivity (Wildman–Crippen MR) is 154 cm³/mol. The summed E-state index contributed by atoms with van der Waals surface area (Å²) >= 11 is 2.92. The summed E-state index contributed by atoms with van der Waals surface area (Å²) in [4.78, 5) is 3.31. The Kier molecular flexibility index (Phi) is 14.3. The van der Waals surface area contributed by atoms with Crippen LogP contribution in [0.1, 0.15) is 18.1 Å². The molecule has 2 aliphatic heterocycles. The molecule has 0 fully saturated rings. The molecule has 0 amide bonds. The normalized spacial score (nSPS) is 17.2. The Hall–Kier alpha value is -0.890. The van der Waals surface area contributed by atoms with Crippen molar-refractivity contribution in [2.24, 2.45) is 5.14 Å². The van der Waals surface area contributed by atoms with Gasteiger partial charge in [-0.1, -0.05) is 23.9 Å². The van der Waals surface area contributed by atoms with Crippen LogP contribution in [0, 0.1) is 0 Å². The molecule has 1 unspecified atom stereocenters. The molecule has 8 nitrogen and oxygen atoms in total. The third kappa shape index (κ3) is 9.14. The van der Waals surface area contributed by atoms with Crippen LogP contribution in [0.4, 0.5) is 0 Å². The number of hydrogen-bond acceptors (Lipinski definition) is 9. The summed E-state index contributed by atoms with van der Waals surface area (Å²) in [5.41, 5.74) is 3.80. The Morgan fingerprint density at radius 1 is 1.11 bits per heavy atom. The largest absolute Gasteiger partial charge is 0.508 e. The zero-order valence-corrected chi connectivity index (χ0v) is 24.6. The van der Waals surface area contributed by atoms with Gasteiger partial charge in [0.1, 0.15) is 9.99 Å². The van der Waals surface area contributed by atoms with E-state index in [0.717, 1.165) is 46.9 Å². The number of primary sulfonamides is 1. The van der Waals surface area contributed by atoms with Crippen LogP contribution in [0.3, 0.4) is 0 Å². The average Bonchev–Trinajstić information content (AvgIpc) is 3.23. The molecule has 1 atom stereocenters. The molecule has 0 bridgehead atoms. The van der Waals surface area contributed by atoms with Crippen molar-refractivity contribution < 1.29 is 23.0 Å². The Labute approximate surface area is 235 Å². The number of nitrogens with two attached hydrogens (primary N) is 1. The zero-order valence-electron chi connectivity index (χ0n) is 20.6. The van der Waals surface area contributed by atoms with E-state index in [-0.39, 0.29) is 39.4 Å². The van der Waals surface area contributed by atoms with Gasteiger partial charge in [0.25, 0.3) is 0 Å². The number of phenols is 1. The molecule has 0 saturated carbocycles. The van der Waals surface area contributed by atoms with Crippen molar-refractivity contribution >= 4 is 58.4 Å². The Balaban J connectivity index is 0.00000324. The monoisotopic (exact) mass is 599 g/mol. The molecule has 2 heterocycles. The maximum Gasteiger partial charge on any atom is 0.244 e. The third-order valence-corrected chi connectivity index (χ3v) is 9.51. The number of halogens is 2. The number of benzene rings is 1. The summed E-state index contributed by atoms with van der Waals surface area (Å²) in [5.74, 6) is 0.262. The van der Waals surface area contributed by atoms with Crippen molar-refractivity contribution in [3.63, 3.8) is 0 Å². The molecule has 0 saturated heterocycles. The van der Waals surface area contributed by atoms with Gasteiger partial charge < -0.3 is 19.9 Å². The van der Waals surface area contributed by atoms with E-state index in [9.17, 15) is 13.5 Å². The molecule has 0 aromatic heterocycles. The lowest BCUT2D eigenvalue weighted by Gasteiger charge is -2.24. The number of aromatic hydroxyl groups is 1. The van der Waals surface area contributed by atoms with Crippen LogP contribution in [-0.2, 0) is 32.5 Å². The van der Waals surface area contributed by atoms with E-state index in [1.807, 2.05) is 19.1 Å². The highest BCUT2D eigenvalue weighted by molar-refractivity contribution is 8.27. The molecule has 4 N–H and O–H groups in total. The molecule has 0 aliphatic carbocycles. The fourth-order valence-corrected chi connectivity index (χ4v) is 7.65. The lowest BCUT2D eigenvalue weighted by Crippen LogP contribution is -2.30. The summed E-state index contributed by atoms with van der Waals surface area (Å²) in [7, 11) is -0.387. The first-order valence-electron chi connectivity index (χ1n) is 11.0. The number of sulfonamides is 1. The standard InChI is InChI=1S/C23H33N3O5S3.2ClH/c1-4-25-20-13-18(32-23-19(20)14-22(33-23)34(24,28)29)12-16-5-6-21(27)17(11-16)15-26(7-9-30-2)8-10-31-3;;/h5-6,11,13-14,23,25,27H,4,7-10,12,15H2,1-3H3,(H2,24,28,29);2*1H. The van der Waals surface area contributed by atoms with Gasteiger partial charge in [-0.25, -0.2) is 13.6 Å². The van der Waals surface area contributed by atoms with Crippen molar-refractivity contribution in [2.75, 3.05) is 47.1 Å². The van der Waals surface area contributed by atoms with Crippen LogP contribution in [0.2, 0.25) is 0 Å². The first-order chi connectivity index (χ1) is 16.2. The fraction of sp³-hybridized carbons (Fsp3) is 0.478. The number of nitrogens with one attached hydrogen (secondary N) is 1. The van der Waals surface area contributed by atoms with Crippen LogP contribution in [0.25, 0.3) is 0 Å². The molecule has 3 rings (SSSR count). The molecule has 2 aliphatic rings. The van der Waals surface area contributed by atoms with E-state index in [1.54, 1.807) is 38.1 Å². The highest BCUT2D eigenvalue weighted by Crippen LogP contribution is 2.50. The zero-order chi connectivity index (χ0) is 24.7. The maximum atomic E-state index is 11.9. The SMILES string of the molecule is CCNC1=C2C=C(S(N)(=O)=O)SC2SC(Cc2ccc(O)c(CN(CCOC)CCOC)c2)=C1.Cl.Cl. The summed E-state index contributed by atoms with van der Waals surface area (Å²) < 4.78 is 34.3. The minimum absolute atomic E-state index is 0. The van der Waals surface area contributed by atoms with Crippen molar-refractivity contribution in [1.29, 1.82) is 0 Å². The van der Waals surface area contributed by atoms with Gasteiger partial charge in [-0.3, -0.25) is 4.90 Å². The van der Waals surface area contributed by atoms with E-state index in [1.165, 1.54) is 11.8 Å². The molecular formula is C23H35Cl2N3O5S3. The minimum Gasteiger partial charge on any atom is -0.508 e. The number of fused-ring (bicyclic) bond motifs is 1. The van der Waals surface area contributed by atoms with Gasteiger partial charge in [0.05, 0.1) is 17.8 Å². The van der Waals surface area contributed by atoms with Crippen molar-refractivity contribution in [2.45, 2.75) is 24.5 Å². The molecule has 1 aromatic rings. The highest BCUT2D eigenvalue weighted by Gasteiger charge is 2.34. The summed E-state index contributed by atoms with van der Waals surface area (Å²) in [6.45, 7) is 6.00. The number of methoxy groups -OCH3 is 2. The van der Waals surface area contributed by atoms with Gasteiger partial charge in [0, 0.05) is 63.7 Å². The number of phenolic OH excluding ortho intramolecular Hbond substituents is 1. The number of likely N-dealkylation sites (N-methyl/N-ethyl adjacent to an activating group) is 1. The number of nitrogens with zero attached hydrogens (tertiary/aromatic N) is 1. The van der Waals surface area contributed by atoms with Crippen LogP contribution >= 0.6 is 48.3 Å². The van der Waals surface area contributed by atoms with Crippen molar-refractivity contribution in [1.82, 2.24) is 10.2 Å². The van der Waals surface area contributed by atoms with E-state index in [0.29, 0.717) is 26.2 Å². The third-order valence-electron chi connectivity index (χ3n) is 5.41. The summed E-state index contributed by atoms with van der Waals surface area (Å²) in [5, 5.41) is 19.2. The number of thioether (sulfide) groups is 2. The predicted octanol–water partition coefficient (Wildman–Crippen LogP) is 3.57. The molecule has 1 aromatic carbocycles. The molecule has 0 spiro atoms. The average molecular weight is 601 g/mol. The Morgan fingerprint density at radius 3 is 2.36 bits per heavy atom. The van der Waals surface area contributed by atoms with Crippen LogP contribution in [0.15, 0.2) is 50.8 Å². The second-order valence-corrected chi connectivity index (χ2v) is 12.5. The van der Waals surface area contributed by atoms with Gasteiger partial charge in [0.2, 0.25) is 10.0 Å². The van der Waals surface area contributed by atoms with E-state index in [4.69, 9.17) is 14.6 Å². The first-order valence-corrected chi connectivity index (χ1v) is 14.3. The molecule has 36 heavy (non-hydrogen) atoms. The Bertz CT molecular complexity index is 1070. The van der Waals surface area contributed by atoms with Gasteiger partial charge in [-0.05, 0) is 35.6 Å². The minimum atomic E-state index is -3.74. The molecule has 204 valence electrons.